The minimum Gasteiger partial charge on any atom is -0.380 e. The smallest absolute Gasteiger partial charge is 0.269 e. The van der Waals surface area contributed by atoms with Crippen LogP contribution in [0.3, 0.4) is 0 Å². The molecule has 1 aliphatic carbocycles. The van der Waals surface area contributed by atoms with Crippen molar-refractivity contribution in [3.63, 3.8) is 0 Å². The van der Waals surface area contributed by atoms with E-state index in [0.29, 0.717) is 22.6 Å². The number of ether oxygens (including phenoxy) is 1. The number of carbonyl (C=O) groups is 1. The molecule has 1 saturated carbocycles. The van der Waals surface area contributed by atoms with Crippen molar-refractivity contribution in [2.75, 3.05) is 7.11 Å². The maximum Gasteiger partial charge on any atom is 0.269 e. The molecule has 152 valence electrons. The Bertz CT molecular complexity index is 846. The average molecular weight is 386 g/mol. The Morgan fingerprint density at radius 2 is 2.04 bits per heavy atom. The van der Waals surface area contributed by atoms with Gasteiger partial charge in [0.1, 0.15) is 18.2 Å². The minimum absolute atomic E-state index is 0.00654. The highest BCUT2D eigenvalue weighted by atomic mass is 16.5. The van der Waals surface area contributed by atoms with Crippen LogP contribution in [0.4, 0.5) is 0 Å². The number of hydrazone groups is 1. The molecular weight excluding hydrogens is 356 g/mol. The van der Waals surface area contributed by atoms with Crippen LogP contribution in [0.5, 0.6) is 0 Å². The van der Waals surface area contributed by atoms with Crippen LogP contribution in [0.1, 0.15) is 63.3 Å². The Balaban J connectivity index is 2.04. The maximum atomic E-state index is 12.6. The molecule has 0 aliphatic heterocycles. The van der Waals surface area contributed by atoms with Gasteiger partial charge in [-0.25, -0.2) is 5.43 Å². The number of pyridine rings is 1. The van der Waals surface area contributed by atoms with Gasteiger partial charge < -0.3 is 9.30 Å². The number of aromatic nitrogens is 1. The van der Waals surface area contributed by atoms with Crippen molar-refractivity contribution in [2.24, 2.45) is 16.4 Å². The highest BCUT2D eigenvalue weighted by Crippen LogP contribution is 2.36. The first kappa shape index (κ1) is 21.8. The number of carbonyl (C=O) groups excluding carboxylic acids is 1. The van der Waals surface area contributed by atoms with E-state index in [2.05, 4.69) is 31.3 Å². The zero-order valence-electron chi connectivity index (χ0n) is 17.5. The lowest BCUT2D eigenvalue weighted by Gasteiger charge is -2.34. The van der Waals surface area contributed by atoms with Crippen LogP contribution >= 0.6 is 0 Å². The summed E-state index contributed by atoms with van der Waals surface area (Å²) < 4.78 is 6.33. The van der Waals surface area contributed by atoms with E-state index in [1.165, 1.54) is 11.7 Å². The molecule has 1 heterocycles. The van der Waals surface area contributed by atoms with E-state index in [9.17, 15) is 14.9 Å². The van der Waals surface area contributed by atoms with Crippen LogP contribution in [0.2, 0.25) is 0 Å². The van der Waals surface area contributed by atoms with Gasteiger partial charge in [-0.15, -0.1) is 0 Å². The van der Waals surface area contributed by atoms with Gasteiger partial charge in [-0.05, 0) is 50.0 Å². The lowest BCUT2D eigenvalue weighted by atomic mass is 9.72. The SMILES string of the molecule is COCc1cc(C)n(CC(=O)NN=C2CCC(C(C)(C)C)CC2)c(=O)c1C#N. The van der Waals surface area contributed by atoms with Crippen molar-refractivity contribution < 1.29 is 9.53 Å². The van der Waals surface area contributed by atoms with Gasteiger partial charge in [-0.1, -0.05) is 20.8 Å². The summed E-state index contributed by atoms with van der Waals surface area (Å²) in [5, 5.41) is 13.5. The summed E-state index contributed by atoms with van der Waals surface area (Å²) in [6.45, 7) is 8.51. The molecule has 0 spiro atoms. The molecule has 1 amide bonds. The number of amides is 1. The van der Waals surface area contributed by atoms with Gasteiger partial charge in [0.15, 0.2) is 0 Å². The Morgan fingerprint density at radius 3 is 2.57 bits per heavy atom. The first-order valence-corrected chi connectivity index (χ1v) is 9.64. The summed E-state index contributed by atoms with van der Waals surface area (Å²) in [5.74, 6) is 0.289. The summed E-state index contributed by atoms with van der Waals surface area (Å²) in [4.78, 5) is 24.9. The van der Waals surface area contributed by atoms with Crippen LogP contribution in [0.15, 0.2) is 16.0 Å². The zero-order chi connectivity index (χ0) is 20.9. The molecule has 28 heavy (non-hydrogen) atoms. The Hall–Kier alpha value is -2.46. The summed E-state index contributed by atoms with van der Waals surface area (Å²) >= 11 is 0. The van der Waals surface area contributed by atoms with Gasteiger partial charge in [0.25, 0.3) is 11.5 Å². The number of aryl methyl sites for hydroxylation is 1. The highest BCUT2D eigenvalue weighted by molar-refractivity contribution is 5.86. The number of hydrogen-bond acceptors (Lipinski definition) is 5. The van der Waals surface area contributed by atoms with Crippen molar-refractivity contribution in [3.8, 4) is 6.07 Å². The molecule has 7 heteroatoms. The van der Waals surface area contributed by atoms with E-state index >= 15 is 0 Å². The lowest BCUT2D eigenvalue weighted by Crippen LogP contribution is -2.34. The van der Waals surface area contributed by atoms with Crippen molar-refractivity contribution >= 4 is 11.6 Å². The first-order valence-electron chi connectivity index (χ1n) is 9.64. The second kappa shape index (κ2) is 9.16. The maximum absolute atomic E-state index is 12.6. The lowest BCUT2D eigenvalue weighted by molar-refractivity contribution is -0.121. The third-order valence-electron chi connectivity index (χ3n) is 5.43. The topological polar surface area (TPSA) is 96.5 Å². The van der Waals surface area contributed by atoms with E-state index < -0.39 is 5.56 Å². The normalized spacial score (nSPS) is 17.1. The van der Waals surface area contributed by atoms with Crippen LogP contribution in [0, 0.1) is 29.6 Å². The fourth-order valence-corrected chi connectivity index (χ4v) is 3.67. The fraction of sp³-hybridized carbons (Fsp3) is 0.619. The standard InChI is InChI=1S/C21H30N4O3/c1-14-10-15(13-28-5)18(11-22)20(27)25(14)12-19(26)24-23-17-8-6-16(7-9-17)21(2,3)4/h10,16H,6-9,12-13H2,1-5H3,(H,24,26). The Kier molecular flexibility index (Phi) is 7.14. The number of hydrogen-bond donors (Lipinski definition) is 1. The molecule has 0 unspecified atom stereocenters. The number of nitrogens with zero attached hydrogens (tertiary/aromatic N) is 3. The summed E-state index contributed by atoms with van der Waals surface area (Å²) in [6.07, 6.45) is 3.91. The predicted octanol–water partition coefficient (Wildman–Crippen LogP) is 2.88. The highest BCUT2D eigenvalue weighted by Gasteiger charge is 2.28. The second-order valence-corrected chi connectivity index (χ2v) is 8.48. The Morgan fingerprint density at radius 1 is 1.39 bits per heavy atom. The van der Waals surface area contributed by atoms with Crippen molar-refractivity contribution in [3.05, 3.63) is 33.2 Å². The molecule has 0 radical (unpaired) electrons. The molecule has 2 rings (SSSR count). The molecule has 1 aliphatic rings. The zero-order valence-corrected chi connectivity index (χ0v) is 17.5. The molecule has 1 aromatic heterocycles. The first-order chi connectivity index (χ1) is 13.2. The Labute approximate surface area is 166 Å². The largest absolute Gasteiger partial charge is 0.380 e. The molecule has 0 bridgehead atoms. The third-order valence-corrected chi connectivity index (χ3v) is 5.43. The predicted molar refractivity (Wildman–Crippen MR) is 108 cm³/mol. The second-order valence-electron chi connectivity index (χ2n) is 8.48. The van der Waals surface area contributed by atoms with E-state index in [1.807, 2.05) is 6.07 Å². The van der Waals surface area contributed by atoms with E-state index in [-0.39, 0.29) is 24.6 Å². The molecule has 0 aromatic carbocycles. The minimum atomic E-state index is -0.483. The van der Waals surface area contributed by atoms with Crippen LogP contribution in [-0.2, 0) is 22.7 Å². The van der Waals surface area contributed by atoms with Gasteiger partial charge >= 0.3 is 0 Å². The van der Waals surface area contributed by atoms with Crippen molar-refractivity contribution in [2.45, 2.75) is 66.5 Å². The monoisotopic (exact) mass is 386 g/mol. The van der Waals surface area contributed by atoms with Crippen LogP contribution in [0.25, 0.3) is 0 Å². The van der Waals surface area contributed by atoms with Crippen LogP contribution in [-0.4, -0.2) is 23.3 Å². The van der Waals surface area contributed by atoms with Gasteiger partial charge in [0, 0.05) is 24.1 Å². The summed E-state index contributed by atoms with van der Waals surface area (Å²) in [6, 6.07) is 3.62. The third kappa shape index (κ3) is 5.29. The van der Waals surface area contributed by atoms with E-state index in [4.69, 9.17) is 4.74 Å². The summed E-state index contributed by atoms with van der Waals surface area (Å²) in [7, 11) is 1.50. The molecule has 1 N–H and O–H groups in total. The number of nitriles is 1. The van der Waals surface area contributed by atoms with E-state index in [0.717, 1.165) is 31.4 Å². The summed E-state index contributed by atoms with van der Waals surface area (Å²) in [5.41, 5.74) is 4.50. The fourth-order valence-electron chi connectivity index (χ4n) is 3.67. The van der Waals surface area contributed by atoms with Gasteiger partial charge in [-0.2, -0.15) is 10.4 Å². The van der Waals surface area contributed by atoms with Crippen molar-refractivity contribution in [1.29, 1.82) is 5.26 Å². The van der Waals surface area contributed by atoms with E-state index in [1.54, 1.807) is 13.0 Å². The quantitative estimate of drug-likeness (QED) is 0.787. The van der Waals surface area contributed by atoms with Crippen molar-refractivity contribution in [1.82, 2.24) is 9.99 Å². The van der Waals surface area contributed by atoms with Gasteiger partial charge in [-0.3, -0.25) is 9.59 Å². The number of nitrogens with one attached hydrogen (secondary N) is 1. The van der Waals surface area contributed by atoms with Gasteiger partial charge in [0.05, 0.1) is 6.61 Å². The number of methoxy groups -OCH3 is 1. The number of rotatable bonds is 5. The molecule has 1 aromatic rings. The molecule has 1 fully saturated rings. The van der Waals surface area contributed by atoms with Gasteiger partial charge in [0.2, 0.25) is 0 Å². The molecular formula is C21H30N4O3. The molecule has 0 saturated heterocycles. The molecule has 7 nitrogen and oxygen atoms in total. The average Bonchev–Trinajstić information content (AvgIpc) is 2.63. The molecule has 0 atom stereocenters. The van der Waals surface area contributed by atoms with Crippen LogP contribution < -0.4 is 11.0 Å².